The molecule has 1 aromatic carbocycles. The van der Waals surface area contributed by atoms with Crippen LogP contribution in [0.1, 0.15) is 33.1 Å². The van der Waals surface area contributed by atoms with E-state index in [0.717, 1.165) is 23.7 Å². The van der Waals surface area contributed by atoms with Gasteiger partial charge in [0.2, 0.25) is 10.0 Å². The second kappa shape index (κ2) is 5.94. The van der Waals surface area contributed by atoms with E-state index < -0.39 is 10.0 Å². The zero-order valence-electron chi connectivity index (χ0n) is 11.3. The van der Waals surface area contributed by atoms with Gasteiger partial charge in [-0.25, -0.2) is 13.1 Å². The molecule has 106 valence electrons. The molecule has 0 heterocycles. The van der Waals surface area contributed by atoms with Crippen molar-refractivity contribution in [3.63, 3.8) is 0 Å². The molecule has 2 rings (SSSR count). The Morgan fingerprint density at radius 2 is 2.11 bits per heavy atom. The maximum atomic E-state index is 12.3. The average molecular weight is 346 g/mol. The molecule has 0 bridgehead atoms. The predicted molar refractivity (Wildman–Crippen MR) is 80.4 cm³/mol. The van der Waals surface area contributed by atoms with E-state index in [0.29, 0.717) is 16.7 Å². The molecule has 1 aliphatic carbocycles. The molecule has 1 fully saturated rings. The van der Waals surface area contributed by atoms with Crippen LogP contribution in [0.5, 0.6) is 0 Å². The summed E-state index contributed by atoms with van der Waals surface area (Å²) in [5.41, 5.74) is 0. The van der Waals surface area contributed by atoms with E-state index in [1.807, 2.05) is 6.07 Å². The molecule has 1 saturated carbocycles. The maximum Gasteiger partial charge on any atom is 0.240 e. The number of rotatable bonds is 4. The summed E-state index contributed by atoms with van der Waals surface area (Å²) in [6, 6.07) is 6.90. The van der Waals surface area contributed by atoms with Crippen LogP contribution in [-0.2, 0) is 10.0 Å². The Labute approximate surface area is 124 Å². The number of benzene rings is 1. The van der Waals surface area contributed by atoms with E-state index in [-0.39, 0.29) is 6.04 Å². The summed E-state index contributed by atoms with van der Waals surface area (Å²) in [4.78, 5) is 0.328. The third kappa shape index (κ3) is 3.38. The predicted octanol–water partition coefficient (Wildman–Crippen LogP) is 3.55. The summed E-state index contributed by atoms with van der Waals surface area (Å²) in [5.74, 6) is 1.04. The number of halogens is 1. The Hall–Kier alpha value is -0.390. The van der Waals surface area contributed by atoms with Gasteiger partial charge in [-0.2, -0.15) is 0 Å². The highest BCUT2D eigenvalue weighted by Gasteiger charge is 2.34. The van der Waals surface area contributed by atoms with Crippen molar-refractivity contribution in [3.05, 3.63) is 28.7 Å². The Balaban J connectivity index is 2.14. The number of nitrogens with one attached hydrogen (secondary N) is 1. The first kappa shape index (κ1) is 15.0. The third-order valence-corrected chi connectivity index (χ3v) is 6.14. The van der Waals surface area contributed by atoms with Crippen LogP contribution in [0.25, 0.3) is 0 Å². The van der Waals surface area contributed by atoms with Crippen LogP contribution < -0.4 is 4.72 Å². The smallest absolute Gasteiger partial charge is 0.208 e. The van der Waals surface area contributed by atoms with Gasteiger partial charge in [-0.15, -0.1) is 0 Å². The first-order chi connectivity index (χ1) is 8.94. The Kier molecular flexibility index (Phi) is 4.69. The fraction of sp³-hybridized carbons (Fsp3) is 0.571. The summed E-state index contributed by atoms with van der Waals surface area (Å²) < 4.78 is 28.3. The van der Waals surface area contributed by atoms with E-state index in [4.69, 9.17) is 0 Å². The van der Waals surface area contributed by atoms with Crippen molar-refractivity contribution in [2.24, 2.45) is 11.8 Å². The molecule has 3 unspecified atom stereocenters. The lowest BCUT2D eigenvalue weighted by Crippen LogP contribution is -2.37. The second-order valence-electron chi connectivity index (χ2n) is 5.29. The number of sulfonamides is 1. The molecule has 1 N–H and O–H groups in total. The van der Waals surface area contributed by atoms with Gasteiger partial charge in [0.1, 0.15) is 0 Å². The lowest BCUT2D eigenvalue weighted by atomic mass is 9.94. The van der Waals surface area contributed by atoms with E-state index in [9.17, 15) is 8.42 Å². The fourth-order valence-corrected chi connectivity index (χ4v) is 4.85. The van der Waals surface area contributed by atoms with Crippen molar-refractivity contribution in [1.82, 2.24) is 4.72 Å². The van der Waals surface area contributed by atoms with Gasteiger partial charge in [0.25, 0.3) is 0 Å². The van der Waals surface area contributed by atoms with Crippen molar-refractivity contribution >= 4 is 26.0 Å². The maximum absolute atomic E-state index is 12.3. The number of hydrogen-bond donors (Lipinski definition) is 1. The SMILES string of the molecule is CCC1CCC(NS(=O)(=O)c2cccc(Br)c2)C1C. The monoisotopic (exact) mass is 345 g/mol. The third-order valence-electron chi connectivity index (χ3n) is 4.16. The number of hydrogen-bond acceptors (Lipinski definition) is 2. The van der Waals surface area contributed by atoms with Crippen molar-refractivity contribution in [3.8, 4) is 0 Å². The Bertz CT molecular complexity index is 544. The summed E-state index contributed by atoms with van der Waals surface area (Å²) in [6.07, 6.45) is 3.17. The molecule has 19 heavy (non-hydrogen) atoms. The van der Waals surface area contributed by atoms with E-state index >= 15 is 0 Å². The van der Waals surface area contributed by atoms with Crippen LogP contribution in [0.3, 0.4) is 0 Å². The highest BCUT2D eigenvalue weighted by molar-refractivity contribution is 9.10. The quantitative estimate of drug-likeness (QED) is 0.906. The van der Waals surface area contributed by atoms with Gasteiger partial charge >= 0.3 is 0 Å². The molecule has 5 heteroatoms. The Morgan fingerprint density at radius 3 is 2.68 bits per heavy atom. The molecule has 0 radical (unpaired) electrons. The van der Waals surface area contributed by atoms with E-state index in [1.54, 1.807) is 18.2 Å². The van der Waals surface area contributed by atoms with Gasteiger partial charge in [0, 0.05) is 10.5 Å². The van der Waals surface area contributed by atoms with Crippen LogP contribution in [0.2, 0.25) is 0 Å². The minimum Gasteiger partial charge on any atom is -0.208 e. The molecular weight excluding hydrogens is 326 g/mol. The van der Waals surface area contributed by atoms with Crippen molar-refractivity contribution in [1.29, 1.82) is 0 Å². The minimum absolute atomic E-state index is 0.0638. The fourth-order valence-electron chi connectivity index (χ4n) is 2.89. The van der Waals surface area contributed by atoms with Crippen LogP contribution in [0.15, 0.2) is 33.6 Å². The highest BCUT2D eigenvalue weighted by atomic mass is 79.9. The van der Waals surface area contributed by atoms with Crippen LogP contribution in [0.4, 0.5) is 0 Å². The zero-order chi connectivity index (χ0) is 14.0. The van der Waals surface area contributed by atoms with Gasteiger partial charge < -0.3 is 0 Å². The lowest BCUT2D eigenvalue weighted by Gasteiger charge is -2.21. The first-order valence-corrected chi connectivity index (χ1v) is 8.99. The summed E-state index contributed by atoms with van der Waals surface area (Å²) in [6.45, 7) is 4.32. The van der Waals surface area contributed by atoms with Gasteiger partial charge in [0.05, 0.1) is 4.90 Å². The molecule has 1 aliphatic rings. The molecule has 3 nitrogen and oxygen atoms in total. The minimum atomic E-state index is -3.41. The lowest BCUT2D eigenvalue weighted by molar-refractivity contribution is 0.368. The van der Waals surface area contributed by atoms with Gasteiger partial charge in [-0.05, 0) is 42.9 Å². The van der Waals surface area contributed by atoms with E-state index in [2.05, 4.69) is 34.5 Å². The molecule has 1 aromatic rings. The molecule has 0 amide bonds. The molecule has 3 atom stereocenters. The molecule has 0 spiro atoms. The van der Waals surface area contributed by atoms with Gasteiger partial charge in [0.15, 0.2) is 0 Å². The molecule has 0 saturated heterocycles. The zero-order valence-corrected chi connectivity index (χ0v) is 13.7. The summed E-state index contributed by atoms with van der Waals surface area (Å²) in [5, 5.41) is 0. The van der Waals surface area contributed by atoms with Crippen LogP contribution in [0, 0.1) is 11.8 Å². The van der Waals surface area contributed by atoms with Crippen LogP contribution >= 0.6 is 15.9 Å². The molecule has 0 aliphatic heterocycles. The van der Waals surface area contributed by atoms with Crippen LogP contribution in [-0.4, -0.2) is 14.5 Å². The first-order valence-electron chi connectivity index (χ1n) is 6.72. The topological polar surface area (TPSA) is 46.2 Å². The largest absolute Gasteiger partial charge is 0.240 e. The standard InChI is InChI=1S/C14H20BrNO2S/c1-3-11-7-8-14(10(11)2)16-19(17,18)13-6-4-5-12(15)9-13/h4-6,9-11,14,16H,3,7-8H2,1-2H3. The van der Waals surface area contributed by atoms with E-state index in [1.165, 1.54) is 0 Å². The van der Waals surface area contributed by atoms with Crippen molar-refractivity contribution in [2.75, 3.05) is 0 Å². The van der Waals surface area contributed by atoms with Gasteiger partial charge in [-0.3, -0.25) is 0 Å². The summed E-state index contributed by atoms with van der Waals surface area (Å²) in [7, 11) is -3.41. The second-order valence-corrected chi connectivity index (χ2v) is 7.92. The summed E-state index contributed by atoms with van der Waals surface area (Å²) >= 11 is 3.31. The molecular formula is C14H20BrNO2S. The average Bonchev–Trinajstić information content (AvgIpc) is 2.70. The normalized spacial score (nSPS) is 27.6. The van der Waals surface area contributed by atoms with Gasteiger partial charge in [-0.1, -0.05) is 42.3 Å². The molecule has 0 aromatic heterocycles. The highest BCUT2D eigenvalue weighted by Crippen LogP contribution is 2.34. The van der Waals surface area contributed by atoms with Crippen molar-refractivity contribution in [2.45, 2.75) is 44.0 Å². The Morgan fingerprint density at radius 1 is 1.37 bits per heavy atom. The van der Waals surface area contributed by atoms with Crippen molar-refractivity contribution < 1.29 is 8.42 Å².